The second kappa shape index (κ2) is 11.5. The van der Waals surface area contributed by atoms with Crippen LogP contribution in [0, 0.1) is 0 Å². The molecule has 3 aromatic rings. The van der Waals surface area contributed by atoms with E-state index in [4.69, 9.17) is 4.74 Å². The molecule has 0 aromatic heterocycles. The Labute approximate surface area is 232 Å². The lowest BCUT2D eigenvalue weighted by atomic mass is 9.83. The van der Waals surface area contributed by atoms with Gasteiger partial charge in [0.25, 0.3) is 0 Å². The van der Waals surface area contributed by atoms with E-state index >= 15 is 0 Å². The first-order valence-electron chi connectivity index (χ1n) is 14.1. The summed E-state index contributed by atoms with van der Waals surface area (Å²) in [5, 5.41) is 3.00. The van der Waals surface area contributed by atoms with Gasteiger partial charge in [0.05, 0.1) is 12.2 Å². The maximum atomic E-state index is 13.4. The fourth-order valence-electron chi connectivity index (χ4n) is 5.57. The highest BCUT2D eigenvalue weighted by molar-refractivity contribution is 6.02. The summed E-state index contributed by atoms with van der Waals surface area (Å²) in [5.74, 6) is 0.666. The summed E-state index contributed by atoms with van der Waals surface area (Å²) in [6.07, 6.45) is 6.17. The molecule has 39 heavy (non-hydrogen) atoms. The summed E-state index contributed by atoms with van der Waals surface area (Å²) < 4.78 is 5.69. The van der Waals surface area contributed by atoms with Gasteiger partial charge in [-0.25, -0.2) is 9.59 Å². The van der Waals surface area contributed by atoms with Crippen LogP contribution in [-0.4, -0.2) is 35.7 Å². The van der Waals surface area contributed by atoms with Crippen LogP contribution in [0.1, 0.15) is 69.9 Å². The van der Waals surface area contributed by atoms with Crippen LogP contribution in [0.3, 0.4) is 0 Å². The molecule has 1 heterocycles. The van der Waals surface area contributed by atoms with Crippen LogP contribution in [-0.2, 0) is 11.3 Å². The minimum absolute atomic E-state index is 0.224. The Balaban J connectivity index is 1.44. The van der Waals surface area contributed by atoms with Gasteiger partial charge in [0.1, 0.15) is 5.60 Å². The third-order valence-corrected chi connectivity index (χ3v) is 7.57. The lowest BCUT2D eigenvalue weighted by Gasteiger charge is -2.26. The number of carbonyl (C=O) groups is 2. The van der Waals surface area contributed by atoms with E-state index in [1.807, 2.05) is 57.2 Å². The van der Waals surface area contributed by atoms with Gasteiger partial charge >= 0.3 is 12.1 Å². The average Bonchev–Trinajstić information content (AvgIpc) is 3.13. The van der Waals surface area contributed by atoms with Crippen molar-refractivity contribution in [2.45, 2.75) is 70.9 Å². The molecule has 0 unspecified atom stereocenters. The topological polar surface area (TPSA) is 61.9 Å². The number of carbonyl (C=O) groups excluding carboxylic acids is 2. The van der Waals surface area contributed by atoms with Crippen molar-refractivity contribution in [2.75, 3.05) is 23.3 Å². The summed E-state index contributed by atoms with van der Waals surface area (Å²) in [4.78, 5) is 29.9. The smallest absolute Gasteiger partial charge is 0.410 e. The molecule has 3 amide bonds. The van der Waals surface area contributed by atoms with E-state index in [0.29, 0.717) is 25.6 Å². The standard InChI is InChI=1S/C33H39N3O3/c1-33(2,3)39-32(38)35-20-21-36(31(37)34-29-12-8-5-9-13-29)30-19-18-27(22-28(30)23-35)26-16-14-25(15-17-26)24-10-6-4-7-11-24/h5,8-9,12-19,22,24H,4,6-7,10-11,20-21,23H2,1-3H3,(H,34,37). The highest BCUT2D eigenvalue weighted by atomic mass is 16.6. The number of urea groups is 1. The first-order valence-corrected chi connectivity index (χ1v) is 14.1. The van der Waals surface area contributed by atoms with Crippen molar-refractivity contribution >= 4 is 23.5 Å². The van der Waals surface area contributed by atoms with Crippen molar-refractivity contribution in [1.29, 1.82) is 0 Å². The highest BCUT2D eigenvalue weighted by Crippen LogP contribution is 2.35. The fourth-order valence-corrected chi connectivity index (χ4v) is 5.57. The summed E-state index contributed by atoms with van der Waals surface area (Å²) in [6.45, 7) is 6.70. The number of anilines is 2. The van der Waals surface area contributed by atoms with Crippen molar-refractivity contribution in [1.82, 2.24) is 4.90 Å². The molecule has 1 aliphatic heterocycles. The van der Waals surface area contributed by atoms with Crippen molar-refractivity contribution < 1.29 is 14.3 Å². The van der Waals surface area contributed by atoms with Gasteiger partial charge in [0, 0.05) is 18.8 Å². The third-order valence-electron chi connectivity index (χ3n) is 7.57. The number of nitrogens with zero attached hydrogens (tertiary/aromatic N) is 2. The van der Waals surface area contributed by atoms with Crippen molar-refractivity contribution in [2.24, 2.45) is 0 Å². The molecule has 1 fully saturated rings. The molecule has 1 saturated carbocycles. The van der Waals surface area contributed by atoms with Crippen LogP contribution in [0.15, 0.2) is 72.8 Å². The van der Waals surface area contributed by atoms with Crippen LogP contribution in [0.2, 0.25) is 0 Å². The van der Waals surface area contributed by atoms with E-state index < -0.39 is 5.60 Å². The van der Waals surface area contributed by atoms with E-state index in [2.05, 4.69) is 41.7 Å². The first kappa shape index (κ1) is 26.8. The van der Waals surface area contributed by atoms with E-state index in [1.54, 1.807) is 9.80 Å². The Morgan fingerprint density at radius 2 is 1.54 bits per heavy atom. The SMILES string of the molecule is CC(C)(C)OC(=O)N1CCN(C(=O)Nc2ccccc2)c2ccc(-c3ccc(C4CCCCC4)cc3)cc2C1. The minimum Gasteiger partial charge on any atom is -0.444 e. The number of rotatable bonds is 3. The Morgan fingerprint density at radius 3 is 2.23 bits per heavy atom. The summed E-state index contributed by atoms with van der Waals surface area (Å²) >= 11 is 0. The van der Waals surface area contributed by atoms with Gasteiger partial charge in [-0.1, -0.05) is 67.8 Å². The quantitative estimate of drug-likeness (QED) is 0.375. The zero-order valence-corrected chi connectivity index (χ0v) is 23.3. The van der Waals surface area contributed by atoms with Crippen LogP contribution in [0.4, 0.5) is 21.0 Å². The molecule has 6 nitrogen and oxygen atoms in total. The monoisotopic (exact) mass is 525 g/mol. The molecular formula is C33H39N3O3. The fraction of sp³-hybridized carbons (Fsp3) is 0.394. The van der Waals surface area contributed by atoms with Gasteiger partial charge in [0.15, 0.2) is 0 Å². The van der Waals surface area contributed by atoms with Gasteiger partial charge in [-0.15, -0.1) is 0 Å². The summed E-state index contributed by atoms with van der Waals surface area (Å²) in [7, 11) is 0. The zero-order valence-electron chi connectivity index (χ0n) is 23.3. The lowest BCUT2D eigenvalue weighted by Crippen LogP contribution is -2.41. The summed E-state index contributed by atoms with van der Waals surface area (Å²) in [5.41, 5.74) is 5.47. The molecule has 2 aliphatic rings. The van der Waals surface area contributed by atoms with Gasteiger partial charge < -0.3 is 15.0 Å². The van der Waals surface area contributed by atoms with Crippen LogP contribution in [0.25, 0.3) is 11.1 Å². The van der Waals surface area contributed by atoms with E-state index in [9.17, 15) is 9.59 Å². The number of ether oxygens (including phenoxy) is 1. The Kier molecular flexibility index (Phi) is 7.92. The van der Waals surface area contributed by atoms with Crippen LogP contribution in [0.5, 0.6) is 0 Å². The predicted molar refractivity (Wildman–Crippen MR) is 157 cm³/mol. The van der Waals surface area contributed by atoms with E-state index in [0.717, 1.165) is 28.1 Å². The third kappa shape index (κ3) is 6.62. The lowest BCUT2D eigenvalue weighted by molar-refractivity contribution is 0.0243. The number of fused-ring (bicyclic) bond motifs is 1. The number of nitrogens with one attached hydrogen (secondary N) is 1. The Morgan fingerprint density at radius 1 is 0.846 bits per heavy atom. The van der Waals surface area contributed by atoms with E-state index in [1.165, 1.54) is 37.7 Å². The maximum absolute atomic E-state index is 13.4. The molecule has 0 spiro atoms. The van der Waals surface area contributed by atoms with Crippen LogP contribution < -0.4 is 10.2 Å². The molecular weight excluding hydrogens is 486 g/mol. The maximum Gasteiger partial charge on any atom is 0.410 e. The van der Waals surface area contributed by atoms with E-state index in [-0.39, 0.29) is 12.1 Å². The molecule has 204 valence electrons. The van der Waals surface area contributed by atoms with Crippen molar-refractivity contribution in [3.8, 4) is 11.1 Å². The molecule has 0 saturated heterocycles. The first-order chi connectivity index (χ1) is 18.8. The average molecular weight is 526 g/mol. The largest absolute Gasteiger partial charge is 0.444 e. The number of benzene rings is 3. The molecule has 5 rings (SSSR count). The van der Waals surface area contributed by atoms with Gasteiger partial charge in [0.2, 0.25) is 0 Å². The van der Waals surface area contributed by atoms with Gasteiger partial charge in [-0.3, -0.25) is 4.90 Å². The van der Waals surface area contributed by atoms with Crippen molar-refractivity contribution in [3.63, 3.8) is 0 Å². The molecule has 3 aromatic carbocycles. The number of hydrogen-bond donors (Lipinski definition) is 1. The molecule has 0 atom stereocenters. The normalized spacial score (nSPS) is 16.3. The molecule has 0 bridgehead atoms. The van der Waals surface area contributed by atoms with Crippen molar-refractivity contribution in [3.05, 3.63) is 83.9 Å². The van der Waals surface area contributed by atoms with Crippen LogP contribution >= 0.6 is 0 Å². The number of para-hydroxylation sites is 1. The molecule has 1 N–H and O–H groups in total. The number of hydrogen-bond acceptors (Lipinski definition) is 3. The zero-order chi connectivity index (χ0) is 27.4. The van der Waals surface area contributed by atoms with Gasteiger partial charge in [-0.2, -0.15) is 0 Å². The van der Waals surface area contributed by atoms with Gasteiger partial charge in [-0.05, 0) is 86.1 Å². The summed E-state index contributed by atoms with van der Waals surface area (Å²) in [6, 6.07) is 24.3. The highest BCUT2D eigenvalue weighted by Gasteiger charge is 2.29. The Bertz CT molecular complexity index is 1290. The molecule has 1 aliphatic carbocycles. The predicted octanol–water partition coefficient (Wildman–Crippen LogP) is 8.19. The second-order valence-electron chi connectivity index (χ2n) is 11.7. The Hall–Kier alpha value is -3.80. The molecule has 6 heteroatoms. The molecule has 0 radical (unpaired) electrons. The second-order valence-corrected chi connectivity index (χ2v) is 11.7. The minimum atomic E-state index is -0.599. The number of amides is 3.